The van der Waals surface area contributed by atoms with E-state index in [1.165, 1.54) is 25.9 Å². The molecule has 1 amide bonds. The van der Waals surface area contributed by atoms with Crippen molar-refractivity contribution in [2.24, 2.45) is 0 Å². The molecule has 2 rings (SSSR count). The molecule has 0 bridgehead atoms. The minimum absolute atomic E-state index is 0.0734. The fourth-order valence-corrected chi connectivity index (χ4v) is 2.80. The SMILES string of the molecule is COc1cc(Br)ccc1C(=O)NCCCN1CCCC1. The second-order valence-electron chi connectivity index (χ2n) is 5.00. The highest BCUT2D eigenvalue weighted by Gasteiger charge is 2.13. The zero-order valence-electron chi connectivity index (χ0n) is 11.8. The molecule has 1 aliphatic rings. The Labute approximate surface area is 128 Å². The van der Waals surface area contributed by atoms with E-state index in [0.29, 0.717) is 17.9 Å². The summed E-state index contributed by atoms with van der Waals surface area (Å²) in [7, 11) is 1.58. The Bertz CT molecular complexity index is 459. The number of likely N-dealkylation sites (tertiary alicyclic amines) is 1. The number of hydrogen-bond donors (Lipinski definition) is 1. The second kappa shape index (κ2) is 7.64. The lowest BCUT2D eigenvalue weighted by atomic mass is 10.2. The van der Waals surface area contributed by atoms with Crippen molar-refractivity contribution < 1.29 is 9.53 Å². The summed E-state index contributed by atoms with van der Waals surface area (Å²) in [5, 5.41) is 2.96. The number of halogens is 1. The quantitative estimate of drug-likeness (QED) is 0.809. The number of nitrogens with zero attached hydrogens (tertiary/aromatic N) is 1. The standard InChI is InChI=1S/C15H21BrN2O2/c1-20-14-11-12(16)5-6-13(14)15(19)17-7-4-10-18-8-2-3-9-18/h5-6,11H,2-4,7-10H2,1H3,(H,17,19). The van der Waals surface area contributed by atoms with Gasteiger partial charge in [0, 0.05) is 11.0 Å². The number of carbonyl (C=O) groups excluding carboxylic acids is 1. The molecule has 0 aliphatic carbocycles. The van der Waals surface area contributed by atoms with Gasteiger partial charge in [-0.25, -0.2) is 0 Å². The lowest BCUT2D eigenvalue weighted by Crippen LogP contribution is -2.28. The number of nitrogens with one attached hydrogen (secondary N) is 1. The molecule has 4 nitrogen and oxygen atoms in total. The number of rotatable bonds is 6. The van der Waals surface area contributed by atoms with Gasteiger partial charge in [0.25, 0.3) is 5.91 Å². The third kappa shape index (κ3) is 4.21. The van der Waals surface area contributed by atoms with E-state index >= 15 is 0 Å². The Morgan fingerprint density at radius 3 is 2.85 bits per heavy atom. The maximum absolute atomic E-state index is 12.1. The van der Waals surface area contributed by atoms with Crippen molar-refractivity contribution >= 4 is 21.8 Å². The lowest BCUT2D eigenvalue weighted by molar-refractivity contribution is 0.0949. The summed E-state index contributed by atoms with van der Waals surface area (Å²) in [6, 6.07) is 5.43. The van der Waals surface area contributed by atoms with Gasteiger partial charge < -0.3 is 15.0 Å². The Hall–Kier alpha value is -1.07. The van der Waals surface area contributed by atoms with Gasteiger partial charge in [0.05, 0.1) is 12.7 Å². The van der Waals surface area contributed by atoms with Crippen LogP contribution in [0.1, 0.15) is 29.6 Å². The molecule has 5 heteroatoms. The summed E-state index contributed by atoms with van der Waals surface area (Å²) < 4.78 is 6.14. The normalized spacial score (nSPS) is 15.3. The number of carbonyl (C=O) groups is 1. The monoisotopic (exact) mass is 340 g/mol. The van der Waals surface area contributed by atoms with Gasteiger partial charge in [0.1, 0.15) is 5.75 Å². The Morgan fingerprint density at radius 2 is 2.15 bits per heavy atom. The van der Waals surface area contributed by atoms with Crippen LogP contribution in [0.15, 0.2) is 22.7 Å². The zero-order chi connectivity index (χ0) is 14.4. The van der Waals surface area contributed by atoms with Gasteiger partial charge in [-0.05, 0) is 57.1 Å². The van der Waals surface area contributed by atoms with E-state index in [2.05, 4.69) is 26.1 Å². The first-order valence-electron chi connectivity index (χ1n) is 7.05. The second-order valence-corrected chi connectivity index (χ2v) is 5.92. The van der Waals surface area contributed by atoms with Crippen LogP contribution in [0, 0.1) is 0 Å². The van der Waals surface area contributed by atoms with Crippen LogP contribution in [0.3, 0.4) is 0 Å². The molecule has 1 aliphatic heterocycles. The number of methoxy groups -OCH3 is 1. The summed E-state index contributed by atoms with van der Waals surface area (Å²) in [5.41, 5.74) is 0.580. The molecule has 110 valence electrons. The Morgan fingerprint density at radius 1 is 1.40 bits per heavy atom. The third-order valence-electron chi connectivity index (χ3n) is 3.54. The molecule has 1 N–H and O–H groups in total. The van der Waals surface area contributed by atoms with Crippen LogP contribution in [0.5, 0.6) is 5.75 Å². The summed E-state index contributed by atoms with van der Waals surface area (Å²) >= 11 is 3.37. The molecule has 0 radical (unpaired) electrons. The van der Waals surface area contributed by atoms with Crippen molar-refractivity contribution in [1.82, 2.24) is 10.2 Å². The van der Waals surface area contributed by atoms with Crippen molar-refractivity contribution in [3.8, 4) is 5.75 Å². The largest absolute Gasteiger partial charge is 0.496 e. The fraction of sp³-hybridized carbons (Fsp3) is 0.533. The first-order valence-corrected chi connectivity index (χ1v) is 7.84. The van der Waals surface area contributed by atoms with Gasteiger partial charge in [-0.2, -0.15) is 0 Å². The minimum atomic E-state index is -0.0734. The number of ether oxygens (including phenoxy) is 1. The van der Waals surface area contributed by atoms with Gasteiger partial charge in [0.15, 0.2) is 0 Å². The molecular formula is C15H21BrN2O2. The molecule has 1 fully saturated rings. The molecular weight excluding hydrogens is 320 g/mol. The minimum Gasteiger partial charge on any atom is -0.496 e. The van der Waals surface area contributed by atoms with Crippen LogP contribution < -0.4 is 10.1 Å². The van der Waals surface area contributed by atoms with E-state index in [9.17, 15) is 4.79 Å². The Balaban J connectivity index is 1.79. The third-order valence-corrected chi connectivity index (χ3v) is 4.04. The molecule has 1 aromatic carbocycles. The van der Waals surface area contributed by atoms with Crippen LogP contribution in [-0.2, 0) is 0 Å². The van der Waals surface area contributed by atoms with Crippen LogP contribution in [0.2, 0.25) is 0 Å². The van der Waals surface area contributed by atoms with E-state index in [1.54, 1.807) is 19.2 Å². The first-order chi connectivity index (χ1) is 9.70. The highest BCUT2D eigenvalue weighted by Crippen LogP contribution is 2.23. The molecule has 0 saturated carbocycles. The van der Waals surface area contributed by atoms with Crippen molar-refractivity contribution in [3.05, 3.63) is 28.2 Å². The predicted octanol–water partition coefficient (Wildman–Crippen LogP) is 2.67. The molecule has 20 heavy (non-hydrogen) atoms. The van der Waals surface area contributed by atoms with Gasteiger partial charge in [0.2, 0.25) is 0 Å². The van der Waals surface area contributed by atoms with E-state index < -0.39 is 0 Å². The van der Waals surface area contributed by atoms with Crippen LogP contribution in [-0.4, -0.2) is 44.1 Å². The van der Waals surface area contributed by atoms with E-state index in [-0.39, 0.29) is 5.91 Å². The highest BCUT2D eigenvalue weighted by atomic mass is 79.9. The van der Waals surface area contributed by atoms with Gasteiger partial charge >= 0.3 is 0 Å². The summed E-state index contributed by atoms with van der Waals surface area (Å²) in [6.07, 6.45) is 3.61. The molecule has 0 aromatic heterocycles. The van der Waals surface area contributed by atoms with Gasteiger partial charge in [-0.1, -0.05) is 15.9 Å². The number of benzene rings is 1. The van der Waals surface area contributed by atoms with Crippen molar-refractivity contribution in [3.63, 3.8) is 0 Å². The van der Waals surface area contributed by atoms with E-state index in [0.717, 1.165) is 17.4 Å². The van der Waals surface area contributed by atoms with E-state index in [1.807, 2.05) is 6.07 Å². The molecule has 1 aromatic rings. The average molecular weight is 341 g/mol. The van der Waals surface area contributed by atoms with Crippen LogP contribution >= 0.6 is 15.9 Å². The number of hydrogen-bond acceptors (Lipinski definition) is 3. The summed E-state index contributed by atoms with van der Waals surface area (Å²) in [4.78, 5) is 14.6. The predicted molar refractivity (Wildman–Crippen MR) is 83.3 cm³/mol. The van der Waals surface area contributed by atoms with Crippen molar-refractivity contribution in [2.75, 3.05) is 33.3 Å². The van der Waals surface area contributed by atoms with Crippen molar-refractivity contribution in [1.29, 1.82) is 0 Å². The first kappa shape index (κ1) is 15.3. The Kier molecular flexibility index (Phi) is 5.86. The summed E-state index contributed by atoms with van der Waals surface area (Å²) in [5.74, 6) is 0.521. The molecule has 0 atom stereocenters. The maximum atomic E-state index is 12.1. The van der Waals surface area contributed by atoms with E-state index in [4.69, 9.17) is 4.74 Å². The molecule has 1 heterocycles. The molecule has 1 saturated heterocycles. The molecule has 0 spiro atoms. The van der Waals surface area contributed by atoms with Crippen molar-refractivity contribution in [2.45, 2.75) is 19.3 Å². The van der Waals surface area contributed by atoms with Crippen LogP contribution in [0.4, 0.5) is 0 Å². The average Bonchev–Trinajstić information content (AvgIpc) is 2.96. The lowest BCUT2D eigenvalue weighted by Gasteiger charge is -2.14. The maximum Gasteiger partial charge on any atom is 0.255 e. The van der Waals surface area contributed by atoms with Gasteiger partial charge in [-0.3, -0.25) is 4.79 Å². The smallest absolute Gasteiger partial charge is 0.255 e. The number of amides is 1. The topological polar surface area (TPSA) is 41.6 Å². The summed E-state index contributed by atoms with van der Waals surface area (Å²) in [6.45, 7) is 4.18. The fourth-order valence-electron chi connectivity index (χ4n) is 2.46. The zero-order valence-corrected chi connectivity index (χ0v) is 13.4. The molecule has 0 unspecified atom stereocenters. The van der Waals surface area contributed by atoms with Crippen LogP contribution in [0.25, 0.3) is 0 Å². The highest BCUT2D eigenvalue weighted by molar-refractivity contribution is 9.10. The van der Waals surface area contributed by atoms with Gasteiger partial charge in [-0.15, -0.1) is 0 Å².